The highest BCUT2D eigenvalue weighted by Gasteiger charge is 2.18. The zero-order chi connectivity index (χ0) is 16.2. The molecule has 1 rings (SSSR count). The van der Waals surface area contributed by atoms with Gasteiger partial charge in [-0.1, -0.05) is 32.6 Å². The molecule has 22 heavy (non-hydrogen) atoms. The van der Waals surface area contributed by atoms with Gasteiger partial charge in [-0.15, -0.1) is 0 Å². The predicted molar refractivity (Wildman–Crippen MR) is 91.0 cm³/mol. The van der Waals surface area contributed by atoms with E-state index in [4.69, 9.17) is 4.42 Å². The van der Waals surface area contributed by atoms with Gasteiger partial charge in [0.1, 0.15) is 5.76 Å². The van der Waals surface area contributed by atoms with Gasteiger partial charge >= 0.3 is 0 Å². The van der Waals surface area contributed by atoms with Crippen molar-refractivity contribution in [3.8, 4) is 0 Å². The number of nitrogens with zero attached hydrogens (tertiary/aromatic N) is 1. The minimum atomic E-state index is 0.135. The van der Waals surface area contributed by atoms with E-state index in [1.165, 1.54) is 19.3 Å². The van der Waals surface area contributed by atoms with Gasteiger partial charge in [-0.25, -0.2) is 0 Å². The summed E-state index contributed by atoms with van der Waals surface area (Å²) in [6.07, 6.45) is 9.13. The molecule has 1 N–H and O–H groups in total. The lowest BCUT2D eigenvalue weighted by molar-refractivity contribution is -0.121. The molecule has 4 heteroatoms. The number of amides is 1. The van der Waals surface area contributed by atoms with Crippen molar-refractivity contribution < 1.29 is 9.21 Å². The van der Waals surface area contributed by atoms with Crippen molar-refractivity contribution in [2.45, 2.75) is 57.8 Å². The van der Waals surface area contributed by atoms with E-state index in [1.807, 2.05) is 26.2 Å². The van der Waals surface area contributed by atoms with Crippen LogP contribution >= 0.6 is 0 Å². The molecule has 0 fully saturated rings. The lowest BCUT2D eigenvalue weighted by atomic mass is 9.94. The summed E-state index contributed by atoms with van der Waals surface area (Å²) < 4.78 is 5.52. The quantitative estimate of drug-likeness (QED) is 0.598. The van der Waals surface area contributed by atoms with Crippen LogP contribution in [0.5, 0.6) is 0 Å². The number of rotatable bonds is 12. The van der Waals surface area contributed by atoms with Gasteiger partial charge in [0, 0.05) is 18.9 Å². The first-order valence-electron chi connectivity index (χ1n) is 8.58. The fourth-order valence-electron chi connectivity index (χ4n) is 2.61. The summed E-state index contributed by atoms with van der Waals surface area (Å²) in [6, 6.07) is 3.90. The van der Waals surface area contributed by atoms with Gasteiger partial charge in [0.05, 0.1) is 6.26 Å². The molecule has 0 spiro atoms. The number of furan rings is 1. The topological polar surface area (TPSA) is 45.5 Å². The summed E-state index contributed by atoms with van der Waals surface area (Å²) >= 11 is 0. The molecule has 0 radical (unpaired) electrons. The maximum atomic E-state index is 12.1. The molecule has 1 amide bonds. The molecular formula is C18H32N2O2. The van der Waals surface area contributed by atoms with E-state index in [-0.39, 0.29) is 11.8 Å². The zero-order valence-corrected chi connectivity index (χ0v) is 14.4. The lowest BCUT2D eigenvalue weighted by Gasteiger charge is -2.15. The Labute approximate surface area is 135 Å². The molecule has 0 bridgehead atoms. The van der Waals surface area contributed by atoms with Crippen LogP contribution in [0, 0.1) is 0 Å². The van der Waals surface area contributed by atoms with Crippen LogP contribution in [-0.2, 0) is 4.79 Å². The summed E-state index contributed by atoms with van der Waals surface area (Å²) in [5.41, 5.74) is 0. The average Bonchev–Trinajstić information content (AvgIpc) is 3.01. The third-order valence-electron chi connectivity index (χ3n) is 3.89. The Bertz CT molecular complexity index is 388. The van der Waals surface area contributed by atoms with Crippen LogP contribution in [-0.4, -0.2) is 38.0 Å². The average molecular weight is 308 g/mol. The third-order valence-corrected chi connectivity index (χ3v) is 3.89. The first-order valence-corrected chi connectivity index (χ1v) is 8.58. The minimum absolute atomic E-state index is 0.135. The monoisotopic (exact) mass is 308 g/mol. The molecule has 1 heterocycles. The minimum Gasteiger partial charge on any atom is -0.469 e. The van der Waals surface area contributed by atoms with Crippen LogP contribution in [0.1, 0.15) is 63.5 Å². The van der Waals surface area contributed by atoms with Gasteiger partial charge < -0.3 is 14.6 Å². The number of unbranched alkanes of at least 4 members (excludes halogenated alkanes) is 3. The molecule has 126 valence electrons. The molecule has 0 aliphatic rings. The summed E-state index contributed by atoms with van der Waals surface area (Å²) in [7, 11) is 4.09. The Hall–Kier alpha value is -1.29. The van der Waals surface area contributed by atoms with Crippen LogP contribution in [0.3, 0.4) is 0 Å². The highest BCUT2D eigenvalue weighted by molar-refractivity contribution is 5.76. The fraction of sp³-hybridized carbons (Fsp3) is 0.722. The van der Waals surface area contributed by atoms with E-state index >= 15 is 0 Å². The molecule has 0 aliphatic carbocycles. The summed E-state index contributed by atoms with van der Waals surface area (Å²) in [5.74, 6) is 1.29. The maximum absolute atomic E-state index is 12.1. The maximum Gasteiger partial charge on any atom is 0.220 e. The normalized spacial score (nSPS) is 12.5. The number of carbonyl (C=O) groups is 1. The van der Waals surface area contributed by atoms with Crippen molar-refractivity contribution in [2.75, 3.05) is 27.2 Å². The van der Waals surface area contributed by atoms with Crippen molar-refractivity contribution in [1.82, 2.24) is 10.2 Å². The van der Waals surface area contributed by atoms with Crippen molar-refractivity contribution in [1.29, 1.82) is 0 Å². The molecule has 4 nitrogen and oxygen atoms in total. The van der Waals surface area contributed by atoms with Crippen LogP contribution < -0.4 is 5.32 Å². The second-order valence-corrected chi connectivity index (χ2v) is 6.27. The van der Waals surface area contributed by atoms with Gasteiger partial charge in [-0.3, -0.25) is 4.79 Å². The van der Waals surface area contributed by atoms with Gasteiger partial charge in [0.15, 0.2) is 0 Å². The van der Waals surface area contributed by atoms with Crippen LogP contribution in [0.4, 0.5) is 0 Å². The Kier molecular flexibility index (Phi) is 9.64. The van der Waals surface area contributed by atoms with Crippen LogP contribution in [0.25, 0.3) is 0 Å². The first-order chi connectivity index (χ1) is 10.6. The summed E-state index contributed by atoms with van der Waals surface area (Å²) in [6.45, 7) is 3.96. The predicted octanol–water partition coefficient (Wildman–Crippen LogP) is 3.79. The molecule has 1 aromatic heterocycles. The van der Waals surface area contributed by atoms with Crippen molar-refractivity contribution >= 4 is 5.91 Å². The standard InChI is InChI=1S/C18H32N2O2/c1-4-5-6-7-10-16(17-11-8-14-22-17)15-18(21)19-12-9-13-20(2)3/h8,11,14,16H,4-7,9-10,12-13,15H2,1-3H3,(H,19,21). The Morgan fingerprint density at radius 2 is 2.09 bits per heavy atom. The van der Waals surface area contributed by atoms with Crippen molar-refractivity contribution in [3.05, 3.63) is 24.2 Å². The zero-order valence-electron chi connectivity index (χ0n) is 14.4. The van der Waals surface area contributed by atoms with Crippen LogP contribution in [0.15, 0.2) is 22.8 Å². The molecule has 0 aliphatic heterocycles. The van der Waals surface area contributed by atoms with E-state index in [9.17, 15) is 4.79 Å². The first kappa shape index (κ1) is 18.8. The number of carbonyl (C=O) groups excluding carboxylic acids is 1. The fourth-order valence-corrected chi connectivity index (χ4v) is 2.61. The van der Waals surface area contributed by atoms with Crippen LogP contribution in [0.2, 0.25) is 0 Å². The molecule has 0 saturated carbocycles. The SMILES string of the molecule is CCCCCCC(CC(=O)NCCCN(C)C)c1ccco1. The molecule has 1 aromatic rings. The van der Waals surface area contributed by atoms with Crippen molar-refractivity contribution in [2.24, 2.45) is 0 Å². The Balaban J connectivity index is 2.35. The molecule has 0 saturated heterocycles. The lowest BCUT2D eigenvalue weighted by Crippen LogP contribution is -2.28. The number of nitrogens with one attached hydrogen (secondary N) is 1. The van der Waals surface area contributed by atoms with E-state index < -0.39 is 0 Å². The largest absolute Gasteiger partial charge is 0.469 e. The molecular weight excluding hydrogens is 276 g/mol. The molecule has 1 atom stereocenters. The van der Waals surface area contributed by atoms with E-state index in [2.05, 4.69) is 17.1 Å². The van der Waals surface area contributed by atoms with E-state index in [0.29, 0.717) is 6.42 Å². The van der Waals surface area contributed by atoms with Gasteiger partial charge in [0.2, 0.25) is 5.91 Å². The highest BCUT2D eigenvalue weighted by atomic mass is 16.3. The summed E-state index contributed by atoms with van der Waals surface area (Å²) in [5, 5.41) is 3.02. The molecule has 1 unspecified atom stereocenters. The Morgan fingerprint density at radius 3 is 2.73 bits per heavy atom. The summed E-state index contributed by atoms with van der Waals surface area (Å²) in [4.78, 5) is 14.2. The van der Waals surface area contributed by atoms with Crippen molar-refractivity contribution in [3.63, 3.8) is 0 Å². The second kappa shape index (κ2) is 11.3. The molecule has 0 aromatic carbocycles. The Morgan fingerprint density at radius 1 is 1.27 bits per heavy atom. The van der Waals surface area contributed by atoms with Gasteiger partial charge in [0.25, 0.3) is 0 Å². The third kappa shape index (κ3) is 8.23. The van der Waals surface area contributed by atoms with E-state index in [1.54, 1.807) is 6.26 Å². The second-order valence-electron chi connectivity index (χ2n) is 6.27. The highest BCUT2D eigenvalue weighted by Crippen LogP contribution is 2.26. The van der Waals surface area contributed by atoms with E-state index in [0.717, 1.165) is 38.1 Å². The van der Waals surface area contributed by atoms with Gasteiger partial charge in [-0.2, -0.15) is 0 Å². The number of hydrogen-bond donors (Lipinski definition) is 1. The smallest absolute Gasteiger partial charge is 0.220 e. The number of hydrogen-bond acceptors (Lipinski definition) is 3. The van der Waals surface area contributed by atoms with Gasteiger partial charge in [-0.05, 0) is 45.6 Å².